The van der Waals surface area contributed by atoms with Gasteiger partial charge in [-0.1, -0.05) is 58.9 Å². The van der Waals surface area contributed by atoms with Crippen LogP contribution in [0.3, 0.4) is 0 Å². The van der Waals surface area contributed by atoms with Gasteiger partial charge in [-0.3, -0.25) is 4.90 Å². The molecule has 0 radical (unpaired) electrons. The van der Waals surface area contributed by atoms with Crippen molar-refractivity contribution in [3.63, 3.8) is 0 Å². The van der Waals surface area contributed by atoms with Crippen LogP contribution in [0.4, 0.5) is 4.79 Å². The van der Waals surface area contributed by atoms with Crippen LogP contribution in [0, 0.1) is 23.7 Å². The molecule has 0 aromatic rings. The van der Waals surface area contributed by atoms with Gasteiger partial charge < -0.3 is 34.4 Å². The number of aliphatic hydroxyl groups excluding tert-OH is 1. The molecule has 10 nitrogen and oxygen atoms in total. The van der Waals surface area contributed by atoms with Crippen LogP contribution in [-0.2, 0) is 19.0 Å². The number of carbonyl (C=O) groups excluding carboxylic acids is 2. The SMILES string of the molecule is CCC(O)(O)C(C)C1OC1CC(C)/C=C/C=C(\C)C1OC(=O)C(O)CCCC(C)C(OC(=O)N2CCN(C(C)C)CC2)/C=C/C1C. The van der Waals surface area contributed by atoms with E-state index < -0.39 is 30.1 Å². The molecule has 0 bridgehead atoms. The van der Waals surface area contributed by atoms with Crippen LogP contribution in [-0.4, -0.2) is 106 Å². The lowest BCUT2D eigenvalue weighted by molar-refractivity contribution is -0.201. The first-order chi connectivity index (χ1) is 21.6. The minimum atomic E-state index is -1.73. The second kappa shape index (κ2) is 17.2. The van der Waals surface area contributed by atoms with Crippen molar-refractivity contribution in [2.75, 3.05) is 26.2 Å². The number of aliphatic hydroxyl groups is 3. The lowest BCUT2D eigenvalue weighted by Crippen LogP contribution is -2.51. The van der Waals surface area contributed by atoms with E-state index in [0.717, 1.165) is 25.1 Å². The highest BCUT2D eigenvalue weighted by molar-refractivity contribution is 5.74. The van der Waals surface area contributed by atoms with E-state index in [1.165, 1.54) is 0 Å². The molecule has 46 heavy (non-hydrogen) atoms. The maximum absolute atomic E-state index is 13.2. The van der Waals surface area contributed by atoms with Crippen LogP contribution in [0.15, 0.2) is 36.0 Å². The molecular formula is C36H60N2O8. The number of rotatable bonds is 10. The number of hydrogen-bond acceptors (Lipinski definition) is 9. The summed E-state index contributed by atoms with van der Waals surface area (Å²) in [6.07, 6.45) is 9.62. The van der Waals surface area contributed by atoms with Gasteiger partial charge in [0, 0.05) is 44.1 Å². The van der Waals surface area contributed by atoms with Crippen LogP contribution in [0.5, 0.6) is 0 Å². The highest BCUT2D eigenvalue weighted by Crippen LogP contribution is 2.39. The normalized spacial score (nSPS) is 32.8. The number of piperazine rings is 1. The predicted molar refractivity (Wildman–Crippen MR) is 178 cm³/mol. The van der Waals surface area contributed by atoms with Gasteiger partial charge in [0.05, 0.1) is 12.2 Å². The smallest absolute Gasteiger partial charge is 0.410 e. The maximum atomic E-state index is 13.2. The first-order valence-corrected chi connectivity index (χ1v) is 17.4. The molecule has 9 atom stereocenters. The molecule has 2 fully saturated rings. The monoisotopic (exact) mass is 648 g/mol. The Labute approximate surface area is 276 Å². The van der Waals surface area contributed by atoms with Gasteiger partial charge in [-0.2, -0.15) is 0 Å². The van der Waals surface area contributed by atoms with Crippen molar-refractivity contribution in [3.8, 4) is 0 Å². The number of amides is 1. The molecule has 9 unspecified atom stereocenters. The van der Waals surface area contributed by atoms with Gasteiger partial charge in [-0.25, -0.2) is 9.59 Å². The Morgan fingerprint density at radius 3 is 2.41 bits per heavy atom. The summed E-state index contributed by atoms with van der Waals surface area (Å²) in [6, 6.07) is 0.443. The zero-order chi connectivity index (χ0) is 34.2. The Balaban J connectivity index is 1.67. The van der Waals surface area contributed by atoms with E-state index in [-0.39, 0.29) is 54.8 Å². The Morgan fingerprint density at radius 2 is 1.78 bits per heavy atom. The zero-order valence-corrected chi connectivity index (χ0v) is 29.3. The molecule has 3 rings (SSSR count). The number of cyclic esters (lactones) is 1. The molecule has 0 saturated carbocycles. The van der Waals surface area contributed by atoms with E-state index >= 15 is 0 Å². The fourth-order valence-corrected chi connectivity index (χ4v) is 6.38. The second-order valence-electron chi connectivity index (χ2n) is 14.2. The Hall–Kier alpha value is -2.24. The number of epoxide rings is 1. The van der Waals surface area contributed by atoms with Gasteiger partial charge in [0.15, 0.2) is 11.9 Å². The van der Waals surface area contributed by atoms with Gasteiger partial charge >= 0.3 is 12.1 Å². The van der Waals surface area contributed by atoms with Crippen LogP contribution >= 0.6 is 0 Å². The van der Waals surface area contributed by atoms with Gasteiger partial charge in [0.1, 0.15) is 12.2 Å². The molecule has 0 aliphatic carbocycles. The summed E-state index contributed by atoms with van der Waals surface area (Å²) < 4.78 is 17.7. The second-order valence-corrected chi connectivity index (χ2v) is 14.2. The lowest BCUT2D eigenvalue weighted by Gasteiger charge is -2.37. The Bertz CT molecular complexity index is 1080. The van der Waals surface area contributed by atoms with Crippen LogP contribution in [0.2, 0.25) is 0 Å². The average Bonchev–Trinajstić information content (AvgIpc) is 3.78. The fraction of sp³-hybridized carbons (Fsp3) is 0.778. The van der Waals surface area contributed by atoms with Gasteiger partial charge in [-0.05, 0) is 76.4 Å². The summed E-state index contributed by atoms with van der Waals surface area (Å²) >= 11 is 0. The minimum absolute atomic E-state index is 0.0118. The molecule has 3 N–H and O–H groups in total. The summed E-state index contributed by atoms with van der Waals surface area (Å²) in [5, 5.41) is 30.9. The molecule has 2 saturated heterocycles. The molecule has 3 heterocycles. The molecule has 10 heteroatoms. The summed E-state index contributed by atoms with van der Waals surface area (Å²) in [7, 11) is 0. The summed E-state index contributed by atoms with van der Waals surface area (Å²) in [5.41, 5.74) is 0.824. The van der Waals surface area contributed by atoms with E-state index in [4.69, 9.17) is 14.2 Å². The van der Waals surface area contributed by atoms with E-state index in [9.17, 15) is 24.9 Å². The number of esters is 1. The fourth-order valence-electron chi connectivity index (χ4n) is 6.38. The first-order valence-electron chi connectivity index (χ1n) is 17.4. The summed E-state index contributed by atoms with van der Waals surface area (Å²) in [6.45, 7) is 18.8. The number of ether oxygens (including phenoxy) is 3. The Kier molecular flexibility index (Phi) is 14.3. The van der Waals surface area contributed by atoms with Crippen LogP contribution in [0.25, 0.3) is 0 Å². The van der Waals surface area contributed by atoms with Crippen molar-refractivity contribution in [2.45, 2.75) is 130 Å². The summed E-state index contributed by atoms with van der Waals surface area (Å²) in [5.74, 6) is -2.77. The van der Waals surface area contributed by atoms with Crippen LogP contribution < -0.4 is 0 Å². The lowest BCUT2D eigenvalue weighted by atomic mass is 9.91. The van der Waals surface area contributed by atoms with Crippen molar-refractivity contribution < 1.29 is 39.1 Å². The van der Waals surface area contributed by atoms with Crippen molar-refractivity contribution in [2.24, 2.45) is 23.7 Å². The zero-order valence-electron chi connectivity index (χ0n) is 29.3. The van der Waals surface area contributed by atoms with Gasteiger partial charge in [-0.15, -0.1) is 0 Å². The third-order valence-corrected chi connectivity index (χ3v) is 10.1. The highest BCUT2D eigenvalue weighted by Gasteiger charge is 2.49. The topological polar surface area (TPSA) is 132 Å². The molecule has 0 aromatic carbocycles. The standard InChI is InChI=1S/C36H60N2O8/c1-9-36(42,43)28(8)33-31(44-33)22-24(4)12-10-14-26(6)32-27(7)16-17-30(25(5)13-11-15-29(39)34(40)46-32)45-35(41)38-20-18-37(19-21-38)23(2)3/h10,12,14,16-17,23-25,27-33,39,42-43H,9,11,13,15,18-22H2,1-8H3/b12-10+,17-16+,26-14+. The Morgan fingerprint density at radius 1 is 1.11 bits per heavy atom. The van der Waals surface area contributed by atoms with Crippen molar-refractivity contribution >= 4 is 12.1 Å². The molecular weight excluding hydrogens is 588 g/mol. The number of hydrogen-bond donors (Lipinski definition) is 3. The van der Waals surface area contributed by atoms with E-state index in [2.05, 4.69) is 31.7 Å². The van der Waals surface area contributed by atoms with Gasteiger partial charge in [0.2, 0.25) is 0 Å². The predicted octanol–water partition coefficient (Wildman–Crippen LogP) is 4.83. The third kappa shape index (κ3) is 10.9. The molecule has 3 aliphatic heterocycles. The molecule has 3 aliphatic rings. The van der Waals surface area contributed by atoms with E-state index in [0.29, 0.717) is 32.0 Å². The largest absolute Gasteiger partial charge is 0.455 e. The van der Waals surface area contributed by atoms with Crippen molar-refractivity contribution in [3.05, 3.63) is 36.0 Å². The van der Waals surface area contributed by atoms with Crippen LogP contribution in [0.1, 0.15) is 87.5 Å². The quantitative estimate of drug-likeness (QED) is 0.100. The first kappa shape index (κ1) is 38.2. The van der Waals surface area contributed by atoms with E-state index in [1.54, 1.807) is 18.7 Å². The maximum Gasteiger partial charge on any atom is 0.410 e. The third-order valence-electron chi connectivity index (χ3n) is 10.1. The molecule has 1 amide bonds. The molecule has 0 spiro atoms. The summed E-state index contributed by atoms with van der Waals surface area (Å²) in [4.78, 5) is 30.1. The number of carbonyl (C=O) groups is 2. The average molecular weight is 649 g/mol. The number of nitrogens with zero attached hydrogens (tertiary/aromatic N) is 2. The highest BCUT2D eigenvalue weighted by atomic mass is 16.6. The van der Waals surface area contributed by atoms with Crippen molar-refractivity contribution in [1.29, 1.82) is 0 Å². The van der Waals surface area contributed by atoms with Crippen molar-refractivity contribution in [1.82, 2.24) is 9.80 Å². The number of allylic oxidation sites excluding steroid dienone is 3. The minimum Gasteiger partial charge on any atom is -0.455 e. The molecule has 262 valence electrons. The van der Waals surface area contributed by atoms with Gasteiger partial charge in [0.25, 0.3) is 0 Å². The van der Waals surface area contributed by atoms with E-state index in [1.807, 2.05) is 45.1 Å². The molecule has 0 aromatic heterocycles.